The Morgan fingerprint density at radius 3 is 2.36 bits per heavy atom. The van der Waals surface area contributed by atoms with Crippen LogP contribution in [0.15, 0.2) is 4.52 Å². The number of hydrogen-bond donors (Lipinski definition) is 0. The zero-order chi connectivity index (χ0) is 10.4. The lowest BCUT2D eigenvalue weighted by atomic mass is 9.98. The van der Waals surface area contributed by atoms with E-state index in [9.17, 15) is 0 Å². The summed E-state index contributed by atoms with van der Waals surface area (Å²) in [6.07, 6.45) is 4.50. The molecule has 0 spiro atoms. The lowest BCUT2D eigenvalue weighted by Crippen LogP contribution is -1.98. The van der Waals surface area contributed by atoms with Crippen molar-refractivity contribution in [3.8, 4) is 0 Å². The highest BCUT2D eigenvalue weighted by atomic mass is 35.5. The van der Waals surface area contributed by atoms with Crippen LogP contribution in [0, 0.1) is 0 Å². The third-order valence-corrected chi connectivity index (χ3v) is 2.47. The van der Waals surface area contributed by atoms with Crippen molar-refractivity contribution in [2.45, 2.75) is 51.3 Å². The van der Waals surface area contributed by atoms with E-state index in [2.05, 4.69) is 24.0 Å². The van der Waals surface area contributed by atoms with Crippen LogP contribution in [-0.2, 0) is 5.88 Å². The van der Waals surface area contributed by atoms with E-state index in [1.807, 2.05) is 0 Å². The smallest absolute Gasteiger partial charge is 0.229 e. The van der Waals surface area contributed by atoms with E-state index in [1.165, 1.54) is 0 Å². The topological polar surface area (TPSA) is 38.9 Å². The molecule has 14 heavy (non-hydrogen) atoms. The number of halogens is 1. The predicted molar refractivity (Wildman–Crippen MR) is 56.4 cm³/mol. The molecular weight excluding hydrogens is 200 g/mol. The van der Waals surface area contributed by atoms with Crippen molar-refractivity contribution in [3.05, 3.63) is 11.7 Å². The molecule has 0 aromatic carbocycles. The highest BCUT2D eigenvalue weighted by Crippen LogP contribution is 2.24. The van der Waals surface area contributed by atoms with Crippen molar-refractivity contribution >= 4 is 11.6 Å². The van der Waals surface area contributed by atoms with Crippen LogP contribution in [0.4, 0.5) is 0 Å². The highest BCUT2D eigenvalue weighted by Gasteiger charge is 2.16. The minimum absolute atomic E-state index is 0.328. The molecule has 0 bridgehead atoms. The maximum atomic E-state index is 5.61. The summed E-state index contributed by atoms with van der Waals surface area (Å²) in [5.74, 6) is 2.09. The largest absolute Gasteiger partial charge is 0.339 e. The number of hydrogen-bond acceptors (Lipinski definition) is 3. The van der Waals surface area contributed by atoms with Crippen LogP contribution in [0.1, 0.15) is 57.2 Å². The minimum Gasteiger partial charge on any atom is -0.339 e. The molecule has 0 fully saturated rings. The van der Waals surface area contributed by atoms with Crippen LogP contribution in [-0.4, -0.2) is 10.1 Å². The summed E-state index contributed by atoms with van der Waals surface area (Å²) in [5.41, 5.74) is 0. The Balaban J connectivity index is 2.65. The molecule has 0 amide bonds. The molecule has 80 valence electrons. The second-order valence-electron chi connectivity index (χ2n) is 3.46. The van der Waals surface area contributed by atoms with Crippen molar-refractivity contribution in [3.63, 3.8) is 0 Å². The summed E-state index contributed by atoms with van der Waals surface area (Å²) >= 11 is 5.61. The standard InChI is InChI=1S/C10H17ClN2O/c1-3-5-8(6-4-2)10-12-9(7-11)13-14-10/h8H,3-7H2,1-2H3. The van der Waals surface area contributed by atoms with Crippen molar-refractivity contribution in [2.24, 2.45) is 0 Å². The lowest BCUT2D eigenvalue weighted by Gasteiger charge is -2.08. The first-order chi connectivity index (χ1) is 6.81. The highest BCUT2D eigenvalue weighted by molar-refractivity contribution is 6.16. The Bertz CT molecular complexity index is 256. The van der Waals surface area contributed by atoms with Crippen molar-refractivity contribution in [2.75, 3.05) is 0 Å². The Kier molecular flexibility index (Phi) is 4.94. The van der Waals surface area contributed by atoms with Crippen LogP contribution < -0.4 is 0 Å². The van der Waals surface area contributed by atoms with E-state index in [0.29, 0.717) is 17.6 Å². The van der Waals surface area contributed by atoms with E-state index >= 15 is 0 Å². The third kappa shape index (κ3) is 2.98. The number of aromatic nitrogens is 2. The molecule has 1 heterocycles. The van der Waals surface area contributed by atoms with Gasteiger partial charge in [-0.1, -0.05) is 31.8 Å². The molecule has 0 atom stereocenters. The van der Waals surface area contributed by atoms with Crippen LogP contribution in [0.5, 0.6) is 0 Å². The van der Waals surface area contributed by atoms with Crippen molar-refractivity contribution < 1.29 is 4.52 Å². The van der Waals surface area contributed by atoms with Gasteiger partial charge >= 0.3 is 0 Å². The van der Waals surface area contributed by atoms with Gasteiger partial charge in [0.15, 0.2) is 5.82 Å². The Morgan fingerprint density at radius 1 is 1.29 bits per heavy atom. The normalized spacial score (nSPS) is 11.1. The van der Waals surface area contributed by atoms with Gasteiger partial charge in [0.1, 0.15) is 0 Å². The molecule has 0 saturated heterocycles. The summed E-state index contributed by atoms with van der Waals surface area (Å²) < 4.78 is 5.18. The Hall–Kier alpha value is -0.570. The summed E-state index contributed by atoms with van der Waals surface area (Å²) in [5, 5.41) is 3.80. The summed E-state index contributed by atoms with van der Waals surface area (Å²) in [7, 11) is 0. The molecule has 0 unspecified atom stereocenters. The molecule has 0 aliphatic rings. The Morgan fingerprint density at radius 2 is 1.93 bits per heavy atom. The number of rotatable bonds is 6. The summed E-state index contributed by atoms with van der Waals surface area (Å²) in [6.45, 7) is 4.34. The fourth-order valence-corrected chi connectivity index (χ4v) is 1.68. The van der Waals surface area contributed by atoms with Gasteiger partial charge in [0.25, 0.3) is 0 Å². The van der Waals surface area contributed by atoms with E-state index < -0.39 is 0 Å². The van der Waals surface area contributed by atoms with Gasteiger partial charge in [-0.2, -0.15) is 4.98 Å². The predicted octanol–water partition coefficient (Wildman–Crippen LogP) is 3.49. The van der Waals surface area contributed by atoms with Gasteiger partial charge in [0.2, 0.25) is 5.89 Å². The summed E-state index contributed by atoms with van der Waals surface area (Å²) in [6, 6.07) is 0. The number of nitrogens with zero attached hydrogens (tertiary/aromatic N) is 2. The van der Waals surface area contributed by atoms with Crippen LogP contribution in [0.25, 0.3) is 0 Å². The van der Waals surface area contributed by atoms with Gasteiger partial charge in [0.05, 0.1) is 5.88 Å². The van der Waals surface area contributed by atoms with E-state index in [4.69, 9.17) is 16.1 Å². The monoisotopic (exact) mass is 216 g/mol. The zero-order valence-electron chi connectivity index (χ0n) is 8.79. The molecule has 1 aromatic heterocycles. The molecule has 0 aliphatic carbocycles. The number of alkyl halides is 1. The molecule has 0 N–H and O–H groups in total. The van der Waals surface area contributed by atoms with Gasteiger partial charge < -0.3 is 4.52 Å². The van der Waals surface area contributed by atoms with E-state index in [0.717, 1.165) is 31.6 Å². The molecule has 0 aliphatic heterocycles. The first-order valence-corrected chi connectivity index (χ1v) is 5.73. The fourth-order valence-electron chi connectivity index (χ4n) is 1.58. The molecule has 1 aromatic rings. The van der Waals surface area contributed by atoms with Gasteiger partial charge in [-0.3, -0.25) is 0 Å². The minimum atomic E-state index is 0.328. The lowest BCUT2D eigenvalue weighted by molar-refractivity contribution is 0.334. The first-order valence-electron chi connectivity index (χ1n) is 5.20. The maximum Gasteiger partial charge on any atom is 0.229 e. The van der Waals surface area contributed by atoms with Crippen molar-refractivity contribution in [1.82, 2.24) is 10.1 Å². The molecule has 0 radical (unpaired) electrons. The van der Waals surface area contributed by atoms with E-state index in [1.54, 1.807) is 0 Å². The van der Waals surface area contributed by atoms with Crippen molar-refractivity contribution in [1.29, 1.82) is 0 Å². The van der Waals surface area contributed by atoms with Crippen LogP contribution >= 0.6 is 11.6 Å². The van der Waals surface area contributed by atoms with Gasteiger partial charge in [-0.25, -0.2) is 0 Å². The SMILES string of the molecule is CCCC(CCC)c1nc(CCl)no1. The van der Waals surface area contributed by atoms with Gasteiger partial charge in [-0.15, -0.1) is 11.6 Å². The van der Waals surface area contributed by atoms with Crippen LogP contribution in [0.3, 0.4) is 0 Å². The zero-order valence-corrected chi connectivity index (χ0v) is 9.55. The molecule has 0 saturated carbocycles. The van der Waals surface area contributed by atoms with Crippen LogP contribution in [0.2, 0.25) is 0 Å². The fraction of sp³-hybridized carbons (Fsp3) is 0.800. The maximum absolute atomic E-state index is 5.61. The average Bonchev–Trinajstić information content (AvgIpc) is 2.65. The molecule has 1 rings (SSSR count). The third-order valence-electron chi connectivity index (χ3n) is 2.23. The second-order valence-corrected chi connectivity index (χ2v) is 3.72. The quantitative estimate of drug-likeness (QED) is 0.684. The molecular formula is C10H17ClN2O. The Labute approximate surface area is 89.8 Å². The van der Waals surface area contributed by atoms with E-state index in [-0.39, 0.29) is 0 Å². The molecule has 4 heteroatoms. The second kappa shape index (κ2) is 6.02. The van der Waals surface area contributed by atoms with Gasteiger partial charge in [0, 0.05) is 5.92 Å². The van der Waals surface area contributed by atoms with Gasteiger partial charge in [-0.05, 0) is 12.8 Å². The summed E-state index contributed by atoms with van der Waals surface area (Å²) in [4.78, 5) is 4.26. The average molecular weight is 217 g/mol. The molecule has 3 nitrogen and oxygen atoms in total. The first kappa shape index (κ1) is 11.5.